The van der Waals surface area contributed by atoms with Crippen LogP contribution in [0.2, 0.25) is 10.0 Å². The molecule has 0 aliphatic carbocycles. The number of benzene rings is 1. The number of phenols is 1. The smallest absolute Gasteiger partial charge is 0.135 e. The van der Waals surface area contributed by atoms with Crippen LogP contribution in [0, 0.1) is 11.8 Å². The fraction of sp³-hybridized carbons (Fsp3) is 0.200. The van der Waals surface area contributed by atoms with Gasteiger partial charge in [-0.05, 0) is 6.07 Å². The SMILES string of the molecule is Oc1cc(Cl)c(C#CCCBr)cc1Cl. The molecule has 0 aromatic heterocycles. The van der Waals surface area contributed by atoms with Crippen molar-refractivity contribution in [1.29, 1.82) is 0 Å². The Hall–Kier alpha value is -0.360. The zero-order chi connectivity index (χ0) is 10.6. The fourth-order valence-electron chi connectivity index (χ4n) is 0.837. The van der Waals surface area contributed by atoms with Gasteiger partial charge >= 0.3 is 0 Å². The third-order valence-electron chi connectivity index (χ3n) is 1.48. The molecule has 1 aromatic carbocycles. The van der Waals surface area contributed by atoms with Crippen LogP contribution in [0.25, 0.3) is 0 Å². The monoisotopic (exact) mass is 292 g/mol. The van der Waals surface area contributed by atoms with Crippen molar-refractivity contribution in [3.63, 3.8) is 0 Å². The van der Waals surface area contributed by atoms with Gasteiger partial charge in [-0.3, -0.25) is 0 Å². The van der Waals surface area contributed by atoms with Crippen LogP contribution in [0.5, 0.6) is 5.75 Å². The Bertz CT molecular complexity index is 393. The van der Waals surface area contributed by atoms with Gasteiger partial charge in [0.1, 0.15) is 5.75 Å². The van der Waals surface area contributed by atoms with Crippen molar-refractivity contribution in [3.05, 3.63) is 27.7 Å². The summed E-state index contributed by atoms with van der Waals surface area (Å²) in [5, 5.41) is 10.7. The average Bonchev–Trinajstić information content (AvgIpc) is 2.14. The van der Waals surface area contributed by atoms with Gasteiger partial charge in [-0.25, -0.2) is 0 Å². The standard InChI is InChI=1S/C10H7BrCl2O/c11-4-2-1-3-7-5-9(13)10(14)6-8(7)12/h5-6,14H,2,4H2. The largest absolute Gasteiger partial charge is 0.506 e. The molecule has 4 heteroatoms. The van der Waals surface area contributed by atoms with E-state index >= 15 is 0 Å². The molecule has 1 N–H and O–H groups in total. The highest BCUT2D eigenvalue weighted by Crippen LogP contribution is 2.29. The summed E-state index contributed by atoms with van der Waals surface area (Å²) in [6.45, 7) is 0. The highest BCUT2D eigenvalue weighted by atomic mass is 79.9. The van der Waals surface area contributed by atoms with Gasteiger partial charge in [0.25, 0.3) is 0 Å². The Morgan fingerprint density at radius 1 is 1.29 bits per heavy atom. The first kappa shape index (κ1) is 11.7. The first-order valence-corrected chi connectivity index (χ1v) is 5.75. The second-order valence-corrected chi connectivity index (χ2v) is 4.13. The van der Waals surface area contributed by atoms with Crippen LogP contribution in [0.3, 0.4) is 0 Å². The molecule has 0 amide bonds. The lowest BCUT2D eigenvalue weighted by atomic mass is 10.2. The van der Waals surface area contributed by atoms with Crippen molar-refractivity contribution in [2.45, 2.75) is 6.42 Å². The lowest BCUT2D eigenvalue weighted by Gasteiger charge is -1.99. The van der Waals surface area contributed by atoms with Crippen LogP contribution in [0.4, 0.5) is 0 Å². The van der Waals surface area contributed by atoms with Crippen LogP contribution in [0.1, 0.15) is 12.0 Å². The summed E-state index contributed by atoms with van der Waals surface area (Å²) in [5.41, 5.74) is 0.635. The van der Waals surface area contributed by atoms with Crippen LogP contribution in [-0.2, 0) is 0 Å². The number of rotatable bonds is 1. The van der Waals surface area contributed by atoms with E-state index in [1.807, 2.05) is 0 Å². The lowest BCUT2D eigenvalue weighted by Crippen LogP contribution is -1.79. The maximum Gasteiger partial charge on any atom is 0.135 e. The van der Waals surface area contributed by atoms with Crippen molar-refractivity contribution in [2.75, 3.05) is 5.33 Å². The minimum atomic E-state index is -0.0253. The maximum atomic E-state index is 9.22. The van der Waals surface area contributed by atoms with Gasteiger partial charge in [0.2, 0.25) is 0 Å². The molecule has 14 heavy (non-hydrogen) atoms. The van der Waals surface area contributed by atoms with Crippen molar-refractivity contribution in [1.82, 2.24) is 0 Å². The second-order valence-electron chi connectivity index (χ2n) is 2.52. The predicted molar refractivity (Wildman–Crippen MR) is 63.4 cm³/mol. The molecule has 0 fully saturated rings. The first-order chi connectivity index (χ1) is 6.65. The van der Waals surface area contributed by atoms with Crippen molar-refractivity contribution in [2.24, 2.45) is 0 Å². The summed E-state index contributed by atoms with van der Waals surface area (Å²) in [4.78, 5) is 0. The maximum absolute atomic E-state index is 9.22. The van der Waals surface area contributed by atoms with Crippen LogP contribution >= 0.6 is 39.1 Å². The molecule has 0 radical (unpaired) electrons. The summed E-state index contributed by atoms with van der Waals surface area (Å²) in [6, 6.07) is 2.95. The molecule has 0 atom stereocenters. The Morgan fingerprint density at radius 2 is 2.00 bits per heavy atom. The number of alkyl halides is 1. The molecule has 0 bridgehead atoms. The van der Waals surface area contributed by atoms with Gasteiger partial charge in [0, 0.05) is 23.4 Å². The second kappa shape index (κ2) is 5.50. The number of hydrogen-bond donors (Lipinski definition) is 1. The minimum absolute atomic E-state index is 0.0253. The van der Waals surface area contributed by atoms with Gasteiger partial charge < -0.3 is 5.11 Å². The molecule has 1 rings (SSSR count). The van der Waals surface area contributed by atoms with Gasteiger partial charge in [-0.15, -0.1) is 0 Å². The van der Waals surface area contributed by atoms with E-state index in [2.05, 4.69) is 27.8 Å². The summed E-state index contributed by atoms with van der Waals surface area (Å²) < 4.78 is 0. The molecule has 1 aromatic rings. The molecule has 0 spiro atoms. The van der Waals surface area contributed by atoms with E-state index in [4.69, 9.17) is 23.2 Å². The lowest BCUT2D eigenvalue weighted by molar-refractivity contribution is 0.475. The molecular weight excluding hydrogens is 287 g/mol. The topological polar surface area (TPSA) is 20.2 Å². The number of aromatic hydroxyl groups is 1. The van der Waals surface area contributed by atoms with E-state index in [1.54, 1.807) is 6.07 Å². The quantitative estimate of drug-likeness (QED) is 0.616. The van der Waals surface area contributed by atoms with Crippen molar-refractivity contribution >= 4 is 39.1 Å². The molecule has 1 nitrogen and oxygen atoms in total. The van der Waals surface area contributed by atoms with E-state index in [0.717, 1.165) is 11.8 Å². The molecule has 0 unspecified atom stereocenters. The molecule has 0 saturated heterocycles. The third-order valence-corrected chi connectivity index (χ3v) is 2.49. The number of phenolic OH excluding ortho intramolecular Hbond substituents is 1. The zero-order valence-corrected chi connectivity index (χ0v) is 10.2. The van der Waals surface area contributed by atoms with Crippen molar-refractivity contribution in [3.8, 4) is 17.6 Å². The summed E-state index contributed by atoms with van der Waals surface area (Å²) >= 11 is 14.8. The summed E-state index contributed by atoms with van der Waals surface area (Å²) in [5.74, 6) is 5.77. The fourth-order valence-corrected chi connectivity index (χ4v) is 1.40. The highest BCUT2D eigenvalue weighted by molar-refractivity contribution is 9.09. The summed E-state index contributed by atoms with van der Waals surface area (Å²) in [6.07, 6.45) is 0.745. The molecule has 0 heterocycles. The van der Waals surface area contributed by atoms with Gasteiger partial charge in [-0.1, -0.05) is 51.0 Å². The highest BCUT2D eigenvalue weighted by Gasteiger charge is 2.03. The average molecular weight is 294 g/mol. The van der Waals surface area contributed by atoms with E-state index in [1.165, 1.54) is 6.07 Å². The van der Waals surface area contributed by atoms with Crippen LogP contribution < -0.4 is 0 Å². The normalized spacial score (nSPS) is 9.36. The molecule has 0 aliphatic rings. The third kappa shape index (κ3) is 3.09. The van der Waals surface area contributed by atoms with Crippen LogP contribution in [0.15, 0.2) is 12.1 Å². The Kier molecular flexibility index (Phi) is 4.60. The minimum Gasteiger partial charge on any atom is -0.506 e. The number of halogens is 3. The van der Waals surface area contributed by atoms with Gasteiger partial charge in [0.05, 0.1) is 10.0 Å². The Balaban J connectivity index is 3.00. The molecule has 74 valence electrons. The number of hydrogen-bond acceptors (Lipinski definition) is 1. The predicted octanol–water partition coefficient (Wildman–Crippen LogP) is 3.84. The molecular formula is C10H7BrCl2O. The van der Waals surface area contributed by atoms with Crippen molar-refractivity contribution < 1.29 is 5.11 Å². The van der Waals surface area contributed by atoms with E-state index in [0.29, 0.717) is 10.6 Å². The van der Waals surface area contributed by atoms with E-state index in [-0.39, 0.29) is 10.8 Å². The van der Waals surface area contributed by atoms with Gasteiger partial charge in [0.15, 0.2) is 0 Å². The van der Waals surface area contributed by atoms with E-state index < -0.39 is 0 Å². The summed E-state index contributed by atoms with van der Waals surface area (Å²) in [7, 11) is 0. The first-order valence-electron chi connectivity index (χ1n) is 3.88. The van der Waals surface area contributed by atoms with Crippen LogP contribution in [-0.4, -0.2) is 10.4 Å². The molecule has 0 aliphatic heterocycles. The van der Waals surface area contributed by atoms with Gasteiger partial charge in [-0.2, -0.15) is 0 Å². The Morgan fingerprint density at radius 3 is 2.64 bits per heavy atom. The molecule has 0 saturated carbocycles. The Labute approximate surface area is 101 Å². The van der Waals surface area contributed by atoms with E-state index in [9.17, 15) is 5.11 Å². The zero-order valence-electron chi connectivity index (χ0n) is 7.15.